The van der Waals surface area contributed by atoms with Crippen molar-refractivity contribution in [3.63, 3.8) is 0 Å². The molecule has 1 aromatic rings. The minimum atomic E-state index is 0.134. The van der Waals surface area contributed by atoms with E-state index in [-0.39, 0.29) is 23.3 Å². The second-order valence-corrected chi connectivity index (χ2v) is 9.62. The van der Waals surface area contributed by atoms with Crippen molar-refractivity contribution in [2.75, 3.05) is 18.0 Å². The third-order valence-electron chi connectivity index (χ3n) is 6.63. The van der Waals surface area contributed by atoms with E-state index in [1.165, 1.54) is 30.6 Å². The predicted molar refractivity (Wildman–Crippen MR) is 96.2 cm³/mol. The van der Waals surface area contributed by atoms with Crippen LogP contribution in [0.1, 0.15) is 57.4 Å². The second kappa shape index (κ2) is 5.94. The topological polar surface area (TPSA) is 81.9 Å². The summed E-state index contributed by atoms with van der Waals surface area (Å²) in [6, 6.07) is 2.33. The van der Waals surface area contributed by atoms with Crippen molar-refractivity contribution in [2.45, 2.75) is 58.4 Å². The zero-order chi connectivity index (χ0) is 17.7. The highest BCUT2D eigenvalue weighted by Gasteiger charge is 2.49. The molecular formula is C18H25N5OS. The van der Waals surface area contributed by atoms with E-state index in [9.17, 15) is 4.79 Å². The van der Waals surface area contributed by atoms with Gasteiger partial charge >= 0.3 is 0 Å². The predicted octanol–water partition coefficient (Wildman–Crippen LogP) is 2.71. The minimum absolute atomic E-state index is 0.134. The van der Waals surface area contributed by atoms with Gasteiger partial charge in [-0.05, 0) is 42.9 Å². The standard InChI is InChI=1S/C18H25N5OS/c1-17(2)7-4-13(17)15(24)20-10-12-8-18(5-3-6-18)11-23(12)16-22-21-14(9-19)25-16/h12-13H,3-8,10-11H2,1-2H3,(H,20,24). The molecule has 1 aromatic heterocycles. The van der Waals surface area contributed by atoms with Crippen LogP contribution in [0.25, 0.3) is 0 Å². The van der Waals surface area contributed by atoms with Gasteiger partial charge in [0.2, 0.25) is 16.0 Å². The van der Waals surface area contributed by atoms with Crippen molar-refractivity contribution in [3.8, 4) is 6.07 Å². The van der Waals surface area contributed by atoms with Gasteiger partial charge in [0.15, 0.2) is 0 Å². The van der Waals surface area contributed by atoms with Gasteiger partial charge in [0, 0.05) is 25.0 Å². The van der Waals surface area contributed by atoms with Gasteiger partial charge in [-0.1, -0.05) is 31.6 Å². The number of nitrogens with zero attached hydrogens (tertiary/aromatic N) is 4. The monoisotopic (exact) mass is 359 g/mol. The summed E-state index contributed by atoms with van der Waals surface area (Å²) in [6.45, 7) is 5.99. The quantitative estimate of drug-likeness (QED) is 0.894. The first-order valence-electron chi connectivity index (χ1n) is 9.20. The summed E-state index contributed by atoms with van der Waals surface area (Å²) >= 11 is 1.36. The fraction of sp³-hybridized carbons (Fsp3) is 0.778. The Bertz CT molecular complexity index is 717. The van der Waals surface area contributed by atoms with Crippen LogP contribution in [0, 0.1) is 28.1 Å². The molecule has 1 spiro atoms. The Morgan fingerprint density at radius 2 is 2.20 bits per heavy atom. The Morgan fingerprint density at radius 3 is 2.72 bits per heavy atom. The molecule has 1 N–H and O–H groups in total. The average molecular weight is 359 g/mol. The van der Waals surface area contributed by atoms with E-state index in [0.717, 1.165) is 30.9 Å². The van der Waals surface area contributed by atoms with Gasteiger partial charge in [-0.15, -0.1) is 10.2 Å². The lowest BCUT2D eigenvalue weighted by Gasteiger charge is -2.43. The number of nitriles is 1. The normalized spacial score (nSPS) is 28.9. The number of hydrogen-bond acceptors (Lipinski definition) is 6. The lowest BCUT2D eigenvalue weighted by molar-refractivity contribution is -0.134. The Labute approximate surface area is 152 Å². The van der Waals surface area contributed by atoms with Crippen molar-refractivity contribution < 1.29 is 4.79 Å². The molecule has 2 atom stereocenters. The smallest absolute Gasteiger partial charge is 0.223 e. The van der Waals surface area contributed by atoms with E-state index in [2.05, 4.69) is 40.3 Å². The third kappa shape index (κ3) is 2.91. The van der Waals surface area contributed by atoms with Crippen LogP contribution in [-0.2, 0) is 4.79 Å². The summed E-state index contributed by atoms with van der Waals surface area (Å²) in [5.74, 6) is 0.340. The van der Waals surface area contributed by atoms with Crippen molar-refractivity contribution in [2.24, 2.45) is 16.7 Å². The van der Waals surface area contributed by atoms with Crippen molar-refractivity contribution >= 4 is 22.4 Å². The fourth-order valence-electron chi connectivity index (χ4n) is 4.68. The van der Waals surface area contributed by atoms with Gasteiger partial charge in [0.1, 0.15) is 6.07 Å². The first-order valence-corrected chi connectivity index (χ1v) is 10.0. The summed E-state index contributed by atoms with van der Waals surface area (Å²) in [5, 5.41) is 21.6. The van der Waals surface area contributed by atoms with Gasteiger partial charge in [0.05, 0.1) is 0 Å². The number of anilines is 1. The molecule has 7 heteroatoms. The number of carbonyl (C=O) groups excluding carboxylic acids is 1. The van der Waals surface area contributed by atoms with Crippen LogP contribution in [-0.4, -0.2) is 35.2 Å². The maximum absolute atomic E-state index is 12.5. The highest BCUT2D eigenvalue weighted by molar-refractivity contribution is 7.15. The summed E-state index contributed by atoms with van der Waals surface area (Å²) < 4.78 is 0. The second-order valence-electron chi connectivity index (χ2n) is 8.67. The van der Waals surface area contributed by atoms with Gasteiger partial charge in [-0.3, -0.25) is 4.79 Å². The van der Waals surface area contributed by atoms with Crippen molar-refractivity contribution in [3.05, 3.63) is 5.01 Å². The number of aromatic nitrogens is 2. The maximum Gasteiger partial charge on any atom is 0.223 e. The van der Waals surface area contributed by atoms with Gasteiger partial charge < -0.3 is 10.2 Å². The van der Waals surface area contributed by atoms with Crippen molar-refractivity contribution in [1.82, 2.24) is 15.5 Å². The molecule has 0 radical (unpaired) electrons. The van der Waals surface area contributed by atoms with Crippen LogP contribution in [0.15, 0.2) is 0 Å². The number of hydrogen-bond donors (Lipinski definition) is 1. The Hall–Kier alpha value is -1.68. The molecular weight excluding hydrogens is 334 g/mol. The first kappa shape index (κ1) is 16.8. The van der Waals surface area contributed by atoms with Crippen LogP contribution < -0.4 is 10.2 Å². The zero-order valence-corrected chi connectivity index (χ0v) is 15.7. The van der Waals surface area contributed by atoms with E-state index in [0.29, 0.717) is 17.0 Å². The van der Waals surface area contributed by atoms with Gasteiger partial charge in [-0.2, -0.15) is 5.26 Å². The molecule has 6 nitrogen and oxygen atoms in total. The summed E-state index contributed by atoms with van der Waals surface area (Å²) in [5.41, 5.74) is 0.513. The summed E-state index contributed by atoms with van der Waals surface area (Å²) in [4.78, 5) is 14.8. The molecule has 1 amide bonds. The molecule has 1 saturated heterocycles. The molecule has 25 heavy (non-hydrogen) atoms. The summed E-state index contributed by atoms with van der Waals surface area (Å²) in [6.07, 6.45) is 7.04. The molecule has 1 aliphatic heterocycles. The SMILES string of the molecule is CC1(C)CCC1C(=O)NCC1CC2(CCC2)CN1c1nnc(C#N)s1. The lowest BCUT2D eigenvalue weighted by Crippen LogP contribution is -2.49. The molecule has 2 unspecified atom stereocenters. The van der Waals surface area contributed by atoms with Crippen LogP contribution >= 0.6 is 11.3 Å². The molecule has 0 aromatic carbocycles. The first-order chi connectivity index (χ1) is 11.9. The minimum Gasteiger partial charge on any atom is -0.354 e. The molecule has 2 heterocycles. The molecule has 0 bridgehead atoms. The Morgan fingerprint density at radius 1 is 1.40 bits per heavy atom. The number of carbonyl (C=O) groups is 1. The number of amides is 1. The molecule has 3 aliphatic rings. The van der Waals surface area contributed by atoms with E-state index >= 15 is 0 Å². The highest BCUT2D eigenvalue weighted by Crippen LogP contribution is 2.51. The van der Waals surface area contributed by atoms with Crippen LogP contribution in [0.2, 0.25) is 0 Å². The number of rotatable bonds is 4. The average Bonchev–Trinajstić information content (AvgIpc) is 3.15. The van der Waals surface area contributed by atoms with Crippen LogP contribution in [0.3, 0.4) is 0 Å². The zero-order valence-electron chi connectivity index (χ0n) is 14.9. The maximum atomic E-state index is 12.5. The third-order valence-corrected chi connectivity index (χ3v) is 7.50. The fourth-order valence-corrected chi connectivity index (χ4v) is 5.39. The lowest BCUT2D eigenvalue weighted by atomic mass is 9.62. The van der Waals surface area contributed by atoms with E-state index in [1.807, 2.05) is 0 Å². The van der Waals surface area contributed by atoms with Crippen LogP contribution in [0.4, 0.5) is 5.13 Å². The molecule has 4 rings (SSSR count). The summed E-state index contributed by atoms with van der Waals surface area (Å²) in [7, 11) is 0. The Kier molecular flexibility index (Phi) is 3.99. The Balaban J connectivity index is 1.44. The van der Waals surface area contributed by atoms with Gasteiger partial charge in [0.25, 0.3) is 0 Å². The number of nitrogens with one attached hydrogen (secondary N) is 1. The molecule has 3 fully saturated rings. The highest BCUT2D eigenvalue weighted by atomic mass is 32.1. The van der Waals surface area contributed by atoms with Gasteiger partial charge in [-0.25, -0.2) is 0 Å². The van der Waals surface area contributed by atoms with Crippen LogP contribution in [0.5, 0.6) is 0 Å². The van der Waals surface area contributed by atoms with E-state index in [1.54, 1.807) is 0 Å². The van der Waals surface area contributed by atoms with Crippen molar-refractivity contribution in [1.29, 1.82) is 5.26 Å². The molecule has 134 valence electrons. The van der Waals surface area contributed by atoms with E-state index < -0.39 is 0 Å². The molecule has 2 saturated carbocycles. The molecule has 2 aliphatic carbocycles. The largest absolute Gasteiger partial charge is 0.354 e. The van der Waals surface area contributed by atoms with E-state index in [4.69, 9.17) is 5.26 Å².